The lowest BCUT2D eigenvalue weighted by Gasteiger charge is -2.08. The Hall–Kier alpha value is -1.35. The van der Waals surface area contributed by atoms with Crippen LogP contribution in [0.1, 0.15) is 57.4 Å². The first-order valence-corrected chi connectivity index (χ1v) is 7.23. The van der Waals surface area contributed by atoms with Crippen molar-refractivity contribution < 1.29 is 4.79 Å². The maximum Gasteiger partial charge on any atom is 0.224 e. The highest BCUT2D eigenvalue weighted by atomic mass is 16.1. The van der Waals surface area contributed by atoms with E-state index in [1.54, 1.807) is 0 Å². The summed E-state index contributed by atoms with van der Waals surface area (Å²) >= 11 is 0. The Balaban J connectivity index is 2.28. The van der Waals surface area contributed by atoms with Gasteiger partial charge in [-0.1, -0.05) is 38.8 Å². The molecule has 0 spiro atoms. The van der Waals surface area contributed by atoms with E-state index in [9.17, 15) is 4.79 Å². The van der Waals surface area contributed by atoms with Gasteiger partial charge in [-0.15, -0.1) is 0 Å². The second-order valence-corrected chi connectivity index (χ2v) is 5.28. The summed E-state index contributed by atoms with van der Waals surface area (Å²) in [5.74, 6) is 0.623. The molecule has 1 aromatic carbocycles. The molecular weight excluding hydrogens is 236 g/mol. The van der Waals surface area contributed by atoms with Crippen molar-refractivity contribution in [2.75, 3.05) is 11.9 Å². The van der Waals surface area contributed by atoms with Crippen LogP contribution in [-0.2, 0) is 4.79 Å². The molecule has 0 saturated carbocycles. The van der Waals surface area contributed by atoms with Crippen LogP contribution in [-0.4, -0.2) is 12.5 Å². The monoisotopic (exact) mass is 262 g/mol. The Labute approximate surface area is 116 Å². The predicted octanol–water partition coefficient (Wildman–Crippen LogP) is 3.66. The van der Waals surface area contributed by atoms with E-state index in [-0.39, 0.29) is 5.91 Å². The van der Waals surface area contributed by atoms with Crippen molar-refractivity contribution in [2.24, 2.45) is 5.73 Å². The Morgan fingerprint density at radius 3 is 2.32 bits per heavy atom. The topological polar surface area (TPSA) is 55.1 Å². The smallest absolute Gasteiger partial charge is 0.224 e. The van der Waals surface area contributed by atoms with Crippen molar-refractivity contribution in [1.29, 1.82) is 0 Å². The van der Waals surface area contributed by atoms with Crippen molar-refractivity contribution >= 4 is 11.6 Å². The van der Waals surface area contributed by atoms with Gasteiger partial charge in [0.2, 0.25) is 5.91 Å². The van der Waals surface area contributed by atoms with Crippen LogP contribution in [0.5, 0.6) is 0 Å². The number of hydrogen-bond acceptors (Lipinski definition) is 2. The first-order chi connectivity index (χ1) is 9.13. The quantitative estimate of drug-likeness (QED) is 0.702. The standard InChI is InChI=1S/C16H26N2O/c1-13(2)14-8-10-15(11-9-14)18-16(19)7-5-3-4-6-12-17/h8-11,13H,3-7,12,17H2,1-2H3,(H,18,19). The number of carbonyl (C=O) groups is 1. The van der Waals surface area contributed by atoms with Gasteiger partial charge in [-0.05, 0) is 43.0 Å². The van der Waals surface area contributed by atoms with Crippen LogP contribution in [0.3, 0.4) is 0 Å². The molecule has 0 bridgehead atoms. The van der Waals surface area contributed by atoms with E-state index >= 15 is 0 Å². The van der Waals surface area contributed by atoms with Crippen LogP contribution in [0.4, 0.5) is 5.69 Å². The number of anilines is 1. The fourth-order valence-electron chi connectivity index (χ4n) is 1.96. The SMILES string of the molecule is CC(C)c1ccc(NC(=O)CCCCCCN)cc1. The normalized spacial score (nSPS) is 10.7. The van der Waals surface area contributed by atoms with Crippen molar-refractivity contribution in [3.05, 3.63) is 29.8 Å². The molecule has 0 radical (unpaired) electrons. The zero-order chi connectivity index (χ0) is 14.1. The van der Waals surface area contributed by atoms with Gasteiger partial charge in [0, 0.05) is 12.1 Å². The minimum absolute atomic E-state index is 0.102. The predicted molar refractivity (Wildman–Crippen MR) is 81.3 cm³/mol. The van der Waals surface area contributed by atoms with E-state index in [0.29, 0.717) is 12.3 Å². The van der Waals surface area contributed by atoms with E-state index in [1.165, 1.54) is 5.56 Å². The molecule has 0 unspecified atom stereocenters. The largest absolute Gasteiger partial charge is 0.330 e. The average Bonchev–Trinajstić information content (AvgIpc) is 2.39. The lowest BCUT2D eigenvalue weighted by molar-refractivity contribution is -0.116. The van der Waals surface area contributed by atoms with Gasteiger partial charge in [0.25, 0.3) is 0 Å². The number of unbranched alkanes of at least 4 members (excludes halogenated alkanes) is 3. The summed E-state index contributed by atoms with van der Waals surface area (Å²) in [5.41, 5.74) is 7.60. The lowest BCUT2D eigenvalue weighted by atomic mass is 10.0. The van der Waals surface area contributed by atoms with E-state index in [4.69, 9.17) is 5.73 Å². The zero-order valence-electron chi connectivity index (χ0n) is 12.1. The minimum atomic E-state index is 0.102. The van der Waals surface area contributed by atoms with Crippen LogP contribution in [0.15, 0.2) is 24.3 Å². The molecule has 0 heterocycles. The average molecular weight is 262 g/mol. The van der Waals surface area contributed by atoms with Gasteiger partial charge in [0.15, 0.2) is 0 Å². The van der Waals surface area contributed by atoms with Crippen LogP contribution in [0.25, 0.3) is 0 Å². The lowest BCUT2D eigenvalue weighted by Crippen LogP contribution is -2.11. The highest BCUT2D eigenvalue weighted by Gasteiger charge is 2.03. The molecule has 3 heteroatoms. The van der Waals surface area contributed by atoms with Gasteiger partial charge in [-0.3, -0.25) is 4.79 Å². The van der Waals surface area contributed by atoms with Crippen LogP contribution >= 0.6 is 0 Å². The van der Waals surface area contributed by atoms with Gasteiger partial charge >= 0.3 is 0 Å². The molecule has 0 aliphatic carbocycles. The molecule has 0 aliphatic heterocycles. The molecule has 1 aromatic rings. The number of amides is 1. The van der Waals surface area contributed by atoms with Crippen LogP contribution in [0.2, 0.25) is 0 Å². The van der Waals surface area contributed by atoms with Gasteiger partial charge in [0.1, 0.15) is 0 Å². The fraction of sp³-hybridized carbons (Fsp3) is 0.562. The Morgan fingerprint density at radius 1 is 1.11 bits per heavy atom. The van der Waals surface area contributed by atoms with E-state index < -0.39 is 0 Å². The summed E-state index contributed by atoms with van der Waals surface area (Å²) in [5, 5.41) is 2.94. The molecule has 1 rings (SSSR count). The van der Waals surface area contributed by atoms with Gasteiger partial charge < -0.3 is 11.1 Å². The molecule has 3 nitrogen and oxygen atoms in total. The van der Waals surface area contributed by atoms with E-state index in [1.807, 2.05) is 12.1 Å². The summed E-state index contributed by atoms with van der Waals surface area (Å²) in [6.07, 6.45) is 4.79. The van der Waals surface area contributed by atoms with Gasteiger partial charge in [-0.25, -0.2) is 0 Å². The number of benzene rings is 1. The second kappa shape index (κ2) is 8.70. The summed E-state index contributed by atoms with van der Waals surface area (Å²) < 4.78 is 0. The van der Waals surface area contributed by atoms with Gasteiger partial charge in [-0.2, -0.15) is 0 Å². The molecule has 0 aromatic heterocycles. The maximum atomic E-state index is 11.7. The Bertz CT molecular complexity index is 371. The van der Waals surface area contributed by atoms with Crippen molar-refractivity contribution in [3.8, 4) is 0 Å². The minimum Gasteiger partial charge on any atom is -0.330 e. The second-order valence-electron chi connectivity index (χ2n) is 5.28. The Morgan fingerprint density at radius 2 is 1.74 bits per heavy atom. The van der Waals surface area contributed by atoms with Crippen molar-refractivity contribution in [1.82, 2.24) is 0 Å². The summed E-state index contributed by atoms with van der Waals surface area (Å²) in [6.45, 7) is 5.07. The Kier molecular flexibility index (Phi) is 7.19. The molecule has 0 saturated heterocycles. The maximum absolute atomic E-state index is 11.7. The highest BCUT2D eigenvalue weighted by Crippen LogP contribution is 2.17. The molecule has 0 fully saturated rings. The molecule has 106 valence electrons. The van der Waals surface area contributed by atoms with Crippen molar-refractivity contribution in [2.45, 2.75) is 51.9 Å². The third-order valence-electron chi connectivity index (χ3n) is 3.22. The summed E-state index contributed by atoms with van der Waals surface area (Å²) in [7, 11) is 0. The number of carbonyl (C=O) groups excluding carboxylic acids is 1. The van der Waals surface area contributed by atoms with E-state index in [0.717, 1.165) is 37.9 Å². The van der Waals surface area contributed by atoms with E-state index in [2.05, 4.69) is 31.3 Å². The summed E-state index contributed by atoms with van der Waals surface area (Å²) in [4.78, 5) is 11.7. The third kappa shape index (κ3) is 6.39. The number of nitrogens with one attached hydrogen (secondary N) is 1. The molecule has 19 heavy (non-hydrogen) atoms. The summed E-state index contributed by atoms with van der Waals surface area (Å²) in [6, 6.07) is 8.09. The van der Waals surface area contributed by atoms with Crippen molar-refractivity contribution in [3.63, 3.8) is 0 Å². The first kappa shape index (κ1) is 15.7. The molecular formula is C16H26N2O. The molecule has 1 amide bonds. The van der Waals surface area contributed by atoms with Gasteiger partial charge in [0.05, 0.1) is 0 Å². The highest BCUT2D eigenvalue weighted by molar-refractivity contribution is 5.90. The van der Waals surface area contributed by atoms with Crippen LogP contribution in [0, 0.1) is 0 Å². The first-order valence-electron chi connectivity index (χ1n) is 7.23. The molecule has 0 aliphatic rings. The molecule has 0 atom stereocenters. The fourth-order valence-corrected chi connectivity index (χ4v) is 1.96. The number of hydrogen-bond donors (Lipinski definition) is 2. The number of nitrogens with two attached hydrogens (primary N) is 1. The molecule has 3 N–H and O–H groups in total. The zero-order valence-corrected chi connectivity index (χ0v) is 12.1. The third-order valence-corrected chi connectivity index (χ3v) is 3.22. The number of rotatable bonds is 8. The van der Waals surface area contributed by atoms with Crippen LogP contribution < -0.4 is 11.1 Å².